The number of nitrogens with one attached hydrogen (secondary N) is 4. The van der Waals surface area contributed by atoms with E-state index in [9.17, 15) is 15.6 Å². The molecule has 0 heterocycles. The normalized spacial score (nSPS) is 20.1. The van der Waals surface area contributed by atoms with Crippen LogP contribution in [0.1, 0.15) is 0 Å². The Balaban J connectivity index is 3.34. The van der Waals surface area contributed by atoms with Gasteiger partial charge in [-0.2, -0.15) is 11.1 Å². The summed E-state index contributed by atoms with van der Waals surface area (Å²) < 4.78 is 0. The molecule has 0 rings (SSSR count). The van der Waals surface area contributed by atoms with Crippen molar-refractivity contribution < 1.29 is 20.9 Å². The van der Waals surface area contributed by atoms with Gasteiger partial charge in [-0.15, -0.1) is 5.84 Å². The van der Waals surface area contributed by atoms with E-state index < -0.39 is 16.0 Å². The lowest BCUT2D eigenvalue weighted by Gasteiger charge is -2.22. The molecule has 0 fully saturated rings. The van der Waals surface area contributed by atoms with Crippen LogP contribution in [0.3, 0.4) is 0 Å². The van der Waals surface area contributed by atoms with Gasteiger partial charge in [0, 0.05) is 10.5 Å². The van der Waals surface area contributed by atoms with Gasteiger partial charge in [-0.05, 0) is 5.34 Å². The minimum atomic E-state index is -1.31. The van der Waals surface area contributed by atoms with Crippen LogP contribution in [0.4, 0.5) is 0 Å². The first-order valence-corrected chi connectivity index (χ1v) is 2.10. The zero-order valence-electron chi connectivity index (χ0n) is 4.79. The first-order chi connectivity index (χ1) is 4.52. The molecule has 3 unspecified atom stereocenters. The molecule has 0 radical (unpaired) electrons. The molecule has 3 atom stereocenters. The van der Waals surface area contributed by atoms with Crippen molar-refractivity contribution >= 4 is 0 Å². The maximum atomic E-state index is 10.1. The lowest BCUT2D eigenvalue weighted by molar-refractivity contribution is -1.37. The molecule has 0 bridgehead atoms. The summed E-state index contributed by atoms with van der Waals surface area (Å²) in [6, 6.07) is 0. The van der Waals surface area contributed by atoms with E-state index in [2.05, 4.69) is 16.6 Å². The molecule has 0 aromatic rings. The maximum Gasteiger partial charge on any atom is 0.0450 e. The van der Waals surface area contributed by atoms with Crippen LogP contribution in [-0.2, 0) is 4.94 Å². The zero-order valence-corrected chi connectivity index (χ0v) is 4.79. The van der Waals surface area contributed by atoms with Crippen molar-refractivity contribution in [3.05, 3.63) is 15.6 Å². The average molecular weight is 156 g/mol. The monoisotopic (exact) mass is 156 g/mol. The van der Waals surface area contributed by atoms with Gasteiger partial charge in [-0.25, -0.2) is 0 Å². The molecule has 10 heteroatoms. The third-order valence-electron chi connectivity index (χ3n) is 0.419. The van der Waals surface area contributed by atoms with Crippen molar-refractivity contribution in [3.63, 3.8) is 0 Å². The van der Waals surface area contributed by atoms with Crippen molar-refractivity contribution in [1.29, 1.82) is 0 Å². The largest absolute Gasteiger partial charge is 0.589 e. The lowest BCUT2D eigenvalue weighted by Crippen LogP contribution is -3.43. The van der Waals surface area contributed by atoms with Gasteiger partial charge in [0.2, 0.25) is 0 Å². The van der Waals surface area contributed by atoms with Crippen LogP contribution >= 0.6 is 0 Å². The van der Waals surface area contributed by atoms with E-state index in [0.29, 0.717) is 0 Å². The summed E-state index contributed by atoms with van der Waals surface area (Å²) in [6.07, 6.45) is 0. The van der Waals surface area contributed by atoms with Gasteiger partial charge in [0.25, 0.3) is 0 Å². The summed E-state index contributed by atoms with van der Waals surface area (Å²) in [5.41, 5.74) is 1.45. The van der Waals surface area contributed by atoms with Crippen molar-refractivity contribution in [1.82, 2.24) is 5.53 Å². The Morgan fingerprint density at radius 1 is 1.20 bits per heavy atom. The van der Waals surface area contributed by atoms with Gasteiger partial charge in [-0.1, -0.05) is 5.34 Å². The first kappa shape index (κ1) is 9.60. The van der Waals surface area contributed by atoms with Gasteiger partial charge in [0.05, 0.1) is 0 Å². The molecule has 0 aliphatic carbocycles. The Kier molecular flexibility index (Phi) is 4.24. The molecule has 62 valence electrons. The summed E-state index contributed by atoms with van der Waals surface area (Å²) in [5, 5.41) is 26.0. The number of hydrogen-bond donors (Lipinski definition) is 6. The van der Waals surface area contributed by atoms with E-state index in [1.807, 2.05) is 0 Å². The highest BCUT2D eigenvalue weighted by Gasteiger charge is 2.02. The molecule has 0 spiro atoms. The number of quaternary nitrogens is 3. The summed E-state index contributed by atoms with van der Waals surface area (Å²) in [7, 11) is 0. The molecule has 0 aliphatic rings. The van der Waals surface area contributed by atoms with Crippen molar-refractivity contribution in [3.8, 4) is 0 Å². The van der Waals surface area contributed by atoms with E-state index in [0.717, 1.165) is 0 Å². The van der Waals surface area contributed by atoms with Crippen molar-refractivity contribution in [2.24, 2.45) is 11.7 Å². The van der Waals surface area contributed by atoms with E-state index >= 15 is 0 Å². The number of rotatable bonds is 4. The maximum absolute atomic E-state index is 10.1. The minimum Gasteiger partial charge on any atom is -0.589 e. The van der Waals surface area contributed by atoms with Crippen LogP contribution < -0.4 is 33.2 Å². The quantitative estimate of drug-likeness (QED) is 0.174. The minimum absolute atomic E-state index is 1.12. The second-order valence-electron chi connectivity index (χ2n) is 1.20. The molecule has 0 aromatic heterocycles. The van der Waals surface area contributed by atoms with Crippen LogP contribution in [0, 0.1) is 15.6 Å². The molecule has 0 amide bonds. The molecule has 0 saturated carbocycles. The second-order valence-corrected chi connectivity index (χ2v) is 1.20. The zero-order chi connectivity index (χ0) is 8.15. The Morgan fingerprint density at radius 3 is 2.00 bits per heavy atom. The smallest absolute Gasteiger partial charge is 0.0450 e. The summed E-state index contributed by atoms with van der Waals surface area (Å²) in [4.78, 5) is 3.65. The first-order valence-electron chi connectivity index (χ1n) is 2.10. The topological polar surface area (TPSA) is 156 Å². The molecule has 10 heavy (non-hydrogen) atoms. The van der Waals surface area contributed by atoms with E-state index in [1.54, 1.807) is 0 Å². The lowest BCUT2D eigenvalue weighted by atomic mass is 12.2. The predicted octanol–water partition coefficient (Wildman–Crippen LogP) is -6.85. The molecular weight excluding hydrogens is 148 g/mol. The van der Waals surface area contributed by atoms with Crippen LogP contribution in [-0.4, -0.2) is 0 Å². The van der Waals surface area contributed by atoms with E-state index in [4.69, 9.17) is 0 Å². The van der Waals surface area contributed by atoms with Crippen LogP contribution in [0.5, 0.6) is 0 Å². The standard InChI is InChI=1S/H8N6O4/c1-4(7)3-6(9)10-5(2)8/h3-6H,1-2H2. The van der Waals surface area contributed by atoms with E-state index in [-0.39, 0.29) is 0 Å². The van der Waals surface area contributed by atoms with Crippen LogP contribution in [0.25, 0.3) is 0 Å². The average Bonchev–Trinajstić information content (AvgIpc) is 1.58. The number of hydrogen-bond acceptors (Lipinski definition) is 7. The third-order valence-corrected chi connectivity index (χ3v) is 0.419. The fourth-order valence-corrected chi connectivity index (χ4v) is 0.217. The second kappa shape index (κ2) is 4.42. The molecule has 8 N–H and O–H groups in total. The fourth-order valence-electron chi connectivity index (χ4n) is 0.217. The molecule has 0 saturated heterocycles. The number of nitrogens with two attached hydrogens (primary N) is 2. The van der Waals surface area contributed by atoms with Gasteiger partial charge >= 0.3 is 0 Å². The highest BCUT2D eigenvalue weighted by atomic mass is 17.1. The van der Waals surface area contributed by atoms with Gasteiger partial charge < -0.3 is 15.6 Å². The summed E-state index contributed by atoms with van der Waals surface area (Å²) >= 11 is 0. The van der Waals surface area contributed by atoms with Gasteiger partial charge in [0.15, 0.2) is 0 Å². The Bertz CT molecular complexity index is 71.8. The molecular formula is H8N6O4. The van der Waals surface area contributed by atoms with Crippen LogP contribution in [0.2, 0.25) is 0 Å². The van der Waals surface area contributed by atoms with Gasteiger partial charge in [-0.3, -0.25) is 0 Å². The van der Waals surface area contributed by atoms with Crippen molar-refractivity contribution in [2.75, 3.05) is 0 Å². The summed E-state index contributed by atoms with van der Waals surface area (Å²) in [6.45, 7) is 0. The Morgan fingerprint density at radius 2 is 1.70 bits per heavy atom. The van der Waals surface area contributed by atoms with E-state index in [1.165, 1.54) is 5.53 Å². The molecule has 10 nitrogen and oxygen atoms in total. The molecule has 0 aliphatic heterocycles. The van der Waals surface area contributed by atoms with Crippen LogP contribution in [0.15, 0.2) is 0 Å². The Labute approximate surface area is 55.0 Å². The van der Waals surface area contributed by atoms with Gasteiger partial charge in [0.1, 0.15) is 0 Å². The summed E-state index contributed by atoms with van der Waals surface area (Å²) in [5.74, 6) is 8.86. The predicted molar refractivity (Wildman–Crippen MR) is 25.6 cm³/mol. The highest BCUT2D eigenvalue weighted by molar-refractivity contribution is 3.85. The fraction of sp³-hybridized carbons (Fsp3) is 0. The highest BCUT2D eigenvalue weighted by Crippen LogP contribution is 1.17. The third kappa shape index (κ3) is 5.73. The van der Waals surface area contributed by atoms with Crippen molar-refractivity contribution in [2.45, 2.75) is 0 Å². The SMILES string of the molecule is N[NH+]([O-])N[NH+]([O-])O[NH+](N)[O-]. The Hall–Kier alpha value is -0.400. The molecule has 0 aromatic carbocycles.